The summed E-state index contributed by atoms with van der Waals surface area (Å²) in [5.41, 5.74) is 7.89. The summed E-state index contributed by atoms with van der Waals surface area (Å²) in [6, 6.07) is 7.96. The number of benzene rings is 1. The van der Waals surface area contributed by atoms with E-state index in [-0.39, 0.29) is 6.04 Å². The van der Waals surface area contributed by atoms with E-state index in [2.05, 4.69) is 12.8 Å². The Balaban J connectivity index is 2.86. The molecule has 1 heteroatoms. The van der Waals surface area contributed by atoms with Gasteiger partial charge in [-0.15, -0.1) is 6.42 Å². The molecule has 12 heavy (non-hydrogen) atoms. The molecule has 2 N–H and O–H groups in total. The van der Waals surface area contributed by atoms with Crippen LogP contribution in [0.3, 0.4) is 0 Å². The molecule has 0 saturated carbocycles. The van der Waals surface area contributed by atoms with E-state index < -0.39 is 0 Å². The first-order valence-corrected chi connectivity index (χ1v) is 4.10. The van der Waals surface area contributed by atoms with Crippen LogP contribution in [0.4, 0.5) is 0 Å². The zero-order valence-corrected chi connectivity index (χ0v) is 7.25. The molecule has 0 aliphatic carbocycles. The van der Waals surface area contributed by atoms with Gasteiger partial charge in [0, 0.05) is 11.6 Å². The van der Waals surface area contributed by atoms with Crippen LogP contribution in [0.5, 0.6) is 0 Å². The van der Waals surface area contributed by atoms with Gasteiger partial charge in [-0.05, 0) is 24.1 Å². The quantitative estimate of drug-likeness (QED) is 0.657. The van der Waals surface area contributed by atoms with Crippen molar-refractivity contribution in [1.82, 2.24) is 0 Å². The second kappa shape index (κ2) is 3.94. The average Bonchev–Trinajstić information content (AvgIpc) is 2.17. The predicted octanol–water partition coefficient (Wildman–Crippen LogP) is 2.08. The third-order valence-electron chi connectivity index (χ3n) is 1.95. The van der Waals surface area contributed by atoms with Gasteiger partial charge in [-0.25, -0.2) is 0 Å². The average molecular weight is 159 g/mol. The molecule has 1 nitrogen and oxygen atoms in total. The molecule has 0 aliphatic heterocycles. The third kappa shape index (κ3) is 1.87. The molecule has 62 valence electrons. The minimum absolute atomic E-state index is 0.136. The van der Waals surface area contributed by atoms with Crippen LogP contribution in [-0.2, 0) is 0 Å². The Hall–Kier alpha value is -1.26. The summed E-state index contributed by atoms with van der Waals surface area (Å²) in [4.78, 5) is 0. The Kier molecular flexibility index (Phi) is 2.90. The van der Waals surface area contributed by atoms with Crippen LogP contribution in [0.1, 0.15) is 30.5 Å². The summed E-state index contributed by atoms with van der Waals surface area (Å²) >= 11 is 0. The second-order valence-corrected chi connectivity index (χ2v) is 2.78. The topological polar surface area (TPSA) is 26.0 Å². The summed E-state index contributed by atoms with van der Waals surface area (Å²) in [7, 11) is 0. The first-order valence-electron chi connectivity index (χ1n) is 4.10. The van der Waals surface area contributed by atoms with Crippen LogP contribution in [0.2, 0.25) is 0 Å². The van der Waals surface area contributed by atoms with Crippen molar-refractivity contribution in [2.24, 2.45) is 5.73 Å². The fourth-order valence-electron chi connectivity index (χ4n) is 1.06. The van der Waals surface area contributed by atoms with Crippen molar-refractivity contribution in [2.45, 2.75) is 19.4 Å². The molecule has 0 amide bonds. The third-order valence-corrected chi connectivity index (χ3v) is 1.95. The molecule has 0 fully saturated rings. The summed E-state index contributed by atoms with van der Waals surface area (Å²) < 4.78 is 0. The molecular weight excluding hydrogens is 146 g/mol. The van der Waals surface area contributed by atoms with Crippen molar-refractivity contribution >= 4 is 0 Å². The first kappa shape index (κ1) is 8.83. The van der Waals surface area contributed by atoms with E-state index in [0.29, 0.717) is 0 Å². The number of nitrogens with two attached hydrogens (primary N) is 1. The number of terminal acetylenes is 1. The molecule has 1 aromatic rings. The minimum atomic E-state index is 0.136. The van der Waals surface area contributed by atoms with Gasteiger partial charge < -0.3 is 5.73 Å². The molecule has 0 aliphatic rings. The SMILES string of the molecule is C#Cc1ccc([C@H](N)CC)cc1. The zero-order valence-electron chi connectivity index (χ0n) is 7.25. The Labute approximate surface area is 73.6 Å². The van der Waals surface area contributed by atoms with Gasteiger partial charge in [-0.1, -0.05) is 25.0 Å². The number of hydrogen-bond donors (Lipinski definition) is 1. The van der Waals surface area contributed by atoms with E-state index >= 15 is 0 Å². The van der Waals surface area contributed by atoms with Crippen LogP contribution in [-0.4, -0.2) is 0 Å². The summed E-state index contributed by atoms with van der Waals surface area (Å²) in [6.45, 7) is 2.07. The molecule has 1 atom stereocenters. The highest BCUT2D eigenvalue weighted by Crippen LogP contribution is 2.13. The lowest BCUT2D eigenvalue weighted by Gasteiger charge is -2.08. The molecule has 0 bridgehead atoms. The highest BCUT2D eigenvalue weighted by Gasteiger charge is 2.00. The van der Waals surface area contributed by atoms with Gasteiger partial charge in [0.05, 0.1) is 0 Å². The van der Waals surface area contributed by atoms with E-state index in [0.717, 1.165) is 17.5 Å². The predicted molar refractivity (Wildman–Crippen MR) is 51.6 cm³/mol. The van der Waals surface area contributed by atoms with Crippen molar-refractivity contribution < 1.29 is 0 Å². The summed E-state index contributed by atoms with van der Waals surface area (Å²) in [5.74, 6) is 2.57. The largest absolute Gasteiger partial charge is 0.324 e. The van der Waals surface area contributed by atoms with Gasteiger partial charge in [-0.2, -0.15) is 0 Å². The molecule has 0 aromatic heterocycles. The molecule has 1 rings (SSSR count). The molecule has 0 heterocycles. The maximum Gasteiger partial charge on any atom is 0.0292 e. The van der Waals surface area contributed by atoms with E-state index in [1.807, 2.05) is 24.3 Å². The van der Waals surface area contributed by atoms with Crippen molar-refractivity contribution in [3.05, 3.63) is 35.4 Å². The molecule has 0 spiro atoms. The van der Waals surface area contributed by atoms with Crippen LogP contribution in [0.25, 0.3) is 0 Å². The van der Waals surface area contributed by atoms with E-state index in [1.54, 1.807) is 0 Å². The summed E-state index contributed by atoms with van der Waals surface area (Å²) in [5, 5.41) is 0. The smallest absolute Gasteiger partial charge is 0.0292 e. The molecule has 0 saturated heterocycles. The maximum atomic E-state index is 5.83. The maximum absolute atomic E-state index is 5.83. The van der Waals surface area contributed by atoms with Crippen molar-refractivity contribution in [2.75, 3.05) is 0 Å². The molecule has 1 aromatic carbocycles. The molecule has 0 radical (unpaired) electrons. The van der Waals surface area contributed by atoms with Crippen LogP contribution in [0, 0.1) is 12.3 Å². The van der Waals surface area contributed by atoms with E-state index in [9.17, 15) is 0 Å². The Morgan fingerprint density at radius 3 is 2.42 bits per heavy atom. The second-order valence-electron chi connectivity index (χ2n) is 2.78. The highest BCUT2D eigenvalue weighted by atomic mass is 14.6. The van der Waals surface area contributed by atoms with Crippen molar-refractivity contribution in [3.63, 3.8) is 0 Å². The lowest BCUT2D eigenvalue weighted by molar-refractivity contribution is 0.699. The number of rotatable bonds is 2. The van der Waals surface area contributed by atoms with Gasteiger partial charge >= 0.3 is 0 Å². The molecular formula is C11H13N. The van der Waals surface area contributed by atoms with Gasteiger partial charge in [-0.3, -0.25) is 0 Å². The van der Waals surface area contributed by atoms with Gasteiger partial charge in [0.25, 0.3) is 0 Å². The Morgan fingerprint density at radius 1 is 1.42 bits per heavy atom. The van der Waals surface area contributed by atoms with Gasteiger partial charge in [0.15, 0.2) is 0 Å². The van der Waals surface area contributed by atoms with E-state index in [1.165, 1.54) is 0 Å². The lowest BCUT2D eigenvalue weighted by atomic mass is 10.0. The lowest BCUT2D eigenvalue weighted by Crippen LogP contribution is -2.08. The monoisotopic (exact) mass is 159 g/mol. The van der Waals surface area contributed by atoms with Crippen molar-refractivity contribution in [3.8, 4) is 12.3 Å². The highest BCUT2D eigenvalue weighted by molar-refractivity contribution is 5.35. The van der Waals surface area contributed by atoms with E-state index in [4.69, 9.17) is 12.2 Å². The van der Waals surface area contributed by atoms with Gasteiger partial charge in [0.2, 0.25) is 0 Å². The van der Waals surface area contributed by atoms with Gasteiger partial charge in [0.1, 0.15) is 0 Å². The first-order chi connectivity index (χ1) is 5.77. The van der Waals surface area contributed by atoms with Crippen LogP contribution < -0.4 is 5.73 Å². The van der Waals surface area contributed by atoms with Crippen molar-refractivity contribution in [1.29, 1.82) is 0 Å². The molecule has 0 unspecified atom stereocenters. The minimum Gasteiger partial charge on any atom is -0.324 e. The Bertz CT molecular complexity index is 279. The fraction of sp³-hybridized carbons (Fsp3) is 0.273. The zero-order chi connectivity index (χ0) is 8.97. The number of hydrogen-bond acceptors (Lipinski definition) is 1. The van der Waals surface area contributed by atoms with Crippen LogP contribution in [0.15, 0.2) is 24.3 Å². The van der Waals surface area contributed by atoms with Crippen LogP contribution >= 0.6 is 0 Å². The fourth-order valence-corrected chi connectivity index (χ4v) is 1.06. The standard InChI is InChI=1S/C11H13N/c1-3-9-5-7-10(8-6-9)11(12)4-2/h1,5-8,11H,4,12H2,2H3/t11-/m1/s1. The summed E-state index contributed by atoms with van der Waals surface area (Å²) in [6.07, 6.45) is 6.18. The Morgan fingerprint density at radius 2 is 2.00 bits per heavy atom. The normalized spacial score (nSPS) is 12.1.